The molecule has 0 fully saturated rings. The lowest BCUT2D eigenvalue weighted by molar-refractivity contribution is -0.137. The van der Waals surface area contributed by atoms with E-state index < -0.39 is 17.6 Å². The molecular weight excluding hydrogens is 259 g/mol. The van der Waals surface area contributed by atoms with Gasteiger partial charge in [-0.3, -0.25) is 4.79 Å². The van der Waals surface area contributed by atoms with Crippen LogP contribution in [0.25, 0.3) is 0 Å². The molecule has 0 spiro atoms. The molecule has 1 aromatic rings. The second-order valence-electron chi connectivity index (χ2n) is 3.09. The van der Waals surface area contributed by atoms with Crippen molar-refractivity contribution in [2.45, 2.75) is 6.18 Å². The first-order chi connectivity index (χ1) is 7.88. The average molecular weight is 268 g/mol. The molecule has 94 valence electrons. The third-order valence-electron chi connectivity index (χ3n) is 1.92. The van der Waals surface area contributed by atoms with Crippen molar-refractivity contribution in [3.05, 3.63) is 23.8 Å². The van der Waals surface area contributed by atoms with Gasteiger partial charge in [0.15, 0.2) is 0 Å². The van der Waals surface area contributed by atoms with E-state index >= 15 is 0 Å². The van der Waals surface area contributed by atoms with Crippen molar-refractivity contribution in [2.75, 3.05) is 18.3 Å². The van der Waals surface area contributed by atoms with Crippen LogP contribution in [0.4, 0.5) is 18.9 Å². The summed E-state index contributed by atoms with van der Waals surface area (Å²) in [4.78, 5) is 11.0. The molecule has 17 heavy (non-hydrogen) atoms. The van der Waals surface area contributed by atoms with Crippen molar-refractivity contribution >= 4 is 23.2 Å². The van der Waals surface area contributed by atoms with Crippen LogP contribution in [0.3, 0.4) is 0 Å². The van der Waals surface area contributed by atoms with Gasteiger partial charge < -0.3 is 10.1 Å². The monoisotopic (exact) mass is 267 g/mol. The number of nitrogens with one attached hydrogen (secondary N) is 1. The molecule has 0 atom stereocenters. The minimum absolute atomic E-state index is 0.0621. The highest BCUT2D eigenvalue weighted by Gasteiger charge is 2.31. The van der Waals surface area contributed by atoms with Crippen molar-refractivity contribution in [3.63, 3.8) is 0 Å². The molecule has 7 heteroatoms. The highest BCUT2D eigenvalue weighted by Crippen LogP contribution is 2.34. The molecule has 0 unspecified atom stereocenters. The molecule has 0 saturated carbocycles. The van der Waals surface area contributed by atoms with Gasteiger partial charge in [0.2, 0.25) is 5.91 Å². The van der Waals surface area contributed by atoms with E-state index in [1.807, 2.05) is 0 Å². The van der Waals surface area contributed by atoms with E-state index in [2.05, 4.69) is 5.32 Å². The normalized spacial score (nSPS) is 11.1. The van der Waals surface area contributed by atoms with Crippen LogP contribution in [0.1, 0.15) is 5.56 Å². The van der Waals surface area contributed by atoms with Gasteiger partial charge in [-0.15, -0.1) is 11.6 Å². The van der Waals surface area contributed by atoms with Gasteiger partial charge in [0, 0.05) is 0 Å². The summed E-state index contributed by atoms with van der Waals surface area (Å²) in [5.41, 5.74) is -0.934. The van der Waals surface area contributed by atoms with Crippen molar-refractivity contribution in [1.82, 2.24) is 0 Å². The van der Waals surface area contributed by atoms with E-state index in [1.54, 1.807) is 0 Å². The predicted octanol–water partition coefficient (Wildman–Crippen LogP) is 2.89. The Balaban J connectivity index is 3.11. The Morgan fingerprint density at radius 2 is 2.12 bits per heavy atom. The maximum absolute atomic E-state index is 12.4. The molecule has 0 aliphatic rings. The molecule has 0 bridgehead atoms. The smallest absolute Gasteiger partial charge is 0.416 e. The third kappa shape index (κ3) is 3.52. The lowest BCUT2D eigenvalue weighted by atomic mass is 10.2. The number of methoxy groups -OCH3 is 1. The van der Waals surface area contributed by atoms with Crippen molar-refractivity contribution in [1.29, 1.82) is 0 Å². The maximum atomic E-state index is 12.4. The largest absolute Gasteiger partial charge is 0.495 e. The zero-order chi connectivity index (χ0) is 13.1. The van der Waals surface area contributed by atoms with E-state index in [1.165, 1.54) is 7.11 Å². The van der Waals surface area contributed by atoms with Gasteiger partial charge in [-0.05, 0) is 18.2 Å². The highest BCUT2D eigenvalue weighted by molar-refractivity contribution is 6.29. The fourth-order valence-electron chi connectivity index (χ4n) is 1.17. The first kappa shape index (κ1) is 13.6. The van der Waals surface area contributed by atoms with Crippen molar-refractivity contribution in [2.24, 2.45) is 0 Å². The number of amides is 1. The third-order valence-corrected chi connectivity index (χ3v) is 2.17. The number of alkyl halides is 4. The number of rotatable bonds is 3. The number of hydrogen-bond acceptors (Lipinski definition) is 2. The molecule has 3 nitrogen and oxygen atoms in total. The van der Waals surface area contributed by atoms with Crippen molar-refractivity contribution in [3.8, 4) is 5.75 Å². The van der Waals surface area contributed by atoms with E-state index in [-0.39, 0.29) is 17.3 Å². The number of benzene rings is 1. The van der Waals surface area contributed by atoms with Crippen LogP contribution in [0.5, 0.6) is 5.75 Å². The second-order valence-corrected chi connectivity index (χ2v) is 3.36. The Labute approximate surface area is 101 Å². The van der Waals surface area contributed by atoms with Crippen LogP contribution in [0.15, 0.2) is 18.2 Å². The fraction of sp³-hybridized carbons (Fsp3) is 0.300. The average Bonchev–Trinajstić information content (AvgIpc) is 2.27. The first-order valence-electron chi connectivity index (χ1n) is 4.49. The summed E-state index contributed by atoms with van der Waals surface area (Å²) < 4.78 is 42.2. The number of hydrogen-bond donors (Lipinski definition) is 1. The summed E-state index contributed by atoms with van der Waals surface area (Å²) in [7, 11) is 1.29. The fourth-order valence-corrected chi connectivity index (χ4v) is 1.23. The lowest BCUT2D eigenvalue weighted by Gasteiger charge is -2.13. The summed E-state index contributed by atoms with van der Waals surface area (Å²) in [5, 5.41) is 2.23. The molecule has 0 radical (unpaired) electrons. The molecule has 0 aliphatic heterocycles. The number of anilines is 1. The minimum atomic E-state index is -4.48. The van der Waals surface area contributed by atoms with Gasteiger partial charge in [0.1, 0.15) is 11.6 Å². The molecule has 0 aromatic heterocycles. The van der Waals surface area contributed by atoms with Gasteiger partial charge in [-0.1, -0.05) is 0 Å². The summed E-state index contributed by atoms with van der Waals surface area (Å²) in [6.45, 7) is 0. The van der Waals surface area contributed by atoms with Crippen molar-refractivity contribution < 1.29 is 22.7 Å². The van der Waals surface area contributed by atoms with Gasteiger partial charge in [-0.25, -0.2) is 0 Å². The summed E-state index contributed by atoms with van der Waals surface area (Å²) >= 11 is 5.25. The second kappa shape index (κ2) is 5.27. The zero-order valence-electron chi connectivity index (χ0n) is 8.77. The molecule has 0 aliphatic carbocycles. The molecule has 0 saturated heterocycles. The van der Waals surface area contributed by atoms with E-state index in [9.17, 15) is 18.0 Å². The summed E-state index contributed by atoms with van der Waals surface area (Å²) in [5.74, 6) is -0.819. The molecule has 0 heterocycles. The number of halogens is 4. The van der Waals surface area contributed by atoms with Gasteiger partial charge in [-0.2, -0.15) is 13.2 Å². The van der Waals surface area contributed by atoms with Crippen LogP contribution in [-0.2, 0) is 11.0 Å². The maximum Gasteiger partial charge on any atom is 0.416 e. The van der Waals surface area contributed by atoms with Crippen LogP contribution in [-0.4, -0.2) is 18.9 Å². The molecule has 1 N–H and O–H groups in total. The Bertz CT molecular complexity index is 421. The predicted molar refractivity (Wildman–Crippen MR) is 57.3 cm³/mol. The Kier molecular flexibility index (Phi) is 4.22. The Morgan fingerprint density at radius 3 is 2.59 bits per heavy atom. The quantitative estimate of drug-likeness (QED) is 0.855. The number of ether oxygens (including phenoxy) is 1. The van der Waals surface area contributed by atoms with E-state index in [0.717, 1.165) is 18.2 Å². The summed E-state index contributed by atoms with van der Waals surface area (Å²) in [6.07, 6.45) is -4.48. The zero-order valence-corrected chi connectivity index (χ0v) is 9.52. The van der Waals surface area contributed by atoms with Crippen LogP contribution < -0.4 is 10.1 Å². The molecule has 1 rings (SSSR count). The number of carbonyl (C=O) groups excluding carboxylic acids is 1. The van der Waals surface area contributed by atoms with Gasteiger partial charge in [0.05, 0.1) is 18.4 Å². The lowest BCUT2D eigenvalue weighted by Crippen LogP contribution is -2.14. The number of carbonyl (C=O) groups is 1. The molecule has 1 aromatic carbocycles. The molecule has 1 amide bonds. The van der Waals surface area contributed by atoms with E-state index in [4.69, 9.17) is 16.3 Å². The molecular formula is C10H9ClF3NO2. The Morgan fingerprint density at radius 1 is 1.47 bits per heavy atom. The standard InChI is InChI=1S/C10H9ClF3NO2/c1-17-8-3-2-6(10(12,13)14)4-7(8)15-9(16)5-11/h2-4H,5H2,1H3,(H,15,16). The highest BCUT2D eigenvalue weighted by atomic mass is 35.5. The SMILES string of the molecule is COc1ccc(C(F)(F)F)cc1NC(=O)CCl. The summed E-state index contributed by atoms with van der Waals surface area (Å²) in [6, 6.07) is 2.80. The van der Waals surface area contributed by atoms with Crippen LogP contribution in [0.2, 0.25) is 0 Å². The van der Waals surface area contributed by atoms with Gasteiger partial charge in [0.25, 0.3) is 0 Å². The van der Waals surface area contributed by atoms with Crippen LogP contribution >= 0.6 is 11.6 Å². The van der Waals surface area contributed by atoms with E-state index in [0.29, 0.717) is 0 Å². The van der Waals surface area contributed by atoms with Crippen LogP contribution in [0, 0.1) is 0 Å². The topological polar surface area (TPSA) is 38.3 Å². The minimum Gasteiger partial charge on any atom is -0.495 e. The van der Waals surface area contributed by atoms with Gasteiger partial charge >= 0.3 is 6.18 Å². The first-order valence-corrected chi connectivity index (χ1v) is 5.03. The Hall–Kier alpha value is -1.43.